The summed E-state index contributed by atoms with van der Waals surface area (Å²) in [6.45, 7) is 11.5. The highest BCUT2D eigenvalue weighted by Gasteiger charge is 2.56. The van der Waals surface area contributed by atoms with Gasteiger partial charge in [0.2, 0.25) is 5.91 Å². The van der Waals surface area contributed by atoms with Gasteiger partial charge in [0.15, 0.2) is 12.6 Å². The number of hydrogen-bond acceptors (Lipinski definition) is 14. The summed E-state index contributed by atoms with van der Waals surface area (Å²) >= 11 is 0. The van der Waals surface area contributed by atoms with E-state index in [2.05, 4.69) is 10.6 Å². The van der Waals surface area contributed by atoms with E-state index in [0.717, 1.165) is 0 Å². The molecule has 1 aliphatic carbocycles. The number of aliphatic hydroxyl groups excluding tert-OH is 6. The van der Waals surface area contributed by atoms with E-state index in [1.165, 1.54) is 0 Å². The molecular formula is C31H57N3O13. The Kier molecular flexibility index (Phi) is 13.8. The largest absolute Gasteiger partial charge is 0.444 e. The van der Waals surface area contributed by atoms with E-state index in [9.17, 15) is 40.2 Å². The van der Waals surface area contributed by atoms with Gasteiger partial charge in [0.1, 0.15) is 42.2 Å². The Morgan fingerprint density at radius 2 is 1.66 bits per heavy atom. The fourth-order valence-corrected chi connectivity index (χ4v) is 6.61. The normalized spacial score (nSPS) is 42.0. The van der Waals surface area contributed by atoms with E-state index in [4.69, 9.17) is 29.4 Å². The van der Waals surface area contributed by atoms with Crippen LogP contribution in [0.5, 0.6) is 0 Å². The molecular weight excluding hydrogens is 622 g/mol. The van der Waals surface area contributed by atoms with Crippen LogP contribution in [0.15, 0.2) is 0 Å². The fourth-order valence-electron chi connectivity index (χ4n) is 6.61. The number of ether oxygens (including phenoxy) is 5. The van der Waals surface area contributed by atoms with Crippen molar-refractivity contribution in [1.82, 2.24) is 10.6 Å². The van der Waals surface area contributed by atoms with Gasteiger partial charge in [-0.1, -0.05) is 27.2 Å². The third-order valence-corrected chi connectivity index (χ3v) is 9.03. The number of carbonyl (C=O) groups is 2. The fraction of sp³-hybridized carbons (Fsp3) is 0.935. The summed E-state index contributed by atoms with van der Waals surface area (Å²) < 4.78 is 29.7. The number of nitrogens with two attached hydrogens (primary N) is 1. The lowest BCUT2D eigenvalue weighted by molar-refractivity contribution is -0.326. The van der Waals surface area contributed by atoms with Gasteiger partial charge >= 0.3 is 6.09 Å². The average Bonchev–Trinajstić information content (AvgIpc) is 2.97. The zero-order valence-electron chi connectivity index (χ0n) is 28.4. The van der Waals surface area contributed by atoms with Crippen molar-refractivity contribution >= 4 is 12.0 Å². The Hall–Kier alpha value is -1.70. The third kappa shape index (κ3) is 9.72. The second-order valence-electron chi connectivity index (χ2n) is 14.3. The molecule has 274 valence electrons. The Labute approximate surface area is 276 Å². The molecule has 0 radical (unpaired) electrons. The quantitative estimate of drug-likeness (QED) is 0.124. The third-order valence-electron chi connectivity index (χ3n) is 9.03. The van der Waals surface area contributed by atoms with Gasteiger partial charge < -0.3 is 70.7 Å². The summed E-state index contributed by atoms with van der Waals surface area (Å²) in [6.07, 6.45) is -13.0. The Morgan fingerprint density at radius 3 is 2.23 bits per heavy atom. The first-order valence-electron chi connectivity index (χ1n) is 16.6. The molecule has 14 unspecified atom stereocenters. The summed E-state index contributed by atoms with van der Waals surface area (Å²) in [7, 11) is 0. The second-order valence-corrected chi connectivity index (χ2v) is 14.3. The molecule has 0 aromatic rings. The Morgan fingerprint density at radius 1 is 1.02 bits per heavy atom. The average molecular weight is 680 g/mol. The molecule has 0 spiro atoms. The molecule has 0 bridgehead atoms. The molecule has 2 heterocycles. The van der Waals surface area contributed by atoms with E-state index in [1.54, 1.807) is 34.6 Å². The molecule has 2 amide bonds. The minimum Gasteiger partial charge on any atom is -0.444 e. The number of aliphatic hydroxyl groups is 6. The van der Waals surface area contributed by atoms with Gasteiger partial charge in [0.25, 0.3) is 0 Å². The first-order chi connectivity index (χ1) is 21.8. The van der Waals surface area contributed by atoms with Gasteiger partial charge in [-0.25, -0.2) is 4.79 Å². The first kappa shape index (κ1) is 39.7. The SMILES string of the molecule is CCC[C@H](O)C(=O)NC1(C)CC(C)C(OC2OC(CC)C(O)CC2NC(=O)OC(C)(C)C)C(O)C1OC1OC(CO)C(O)C(N)C1O. The van der Waals surface area contributed by atoms with Crippen molar-refractivity contribution in [2.45, 2.75) is 171 Å². The van der Waals surface area contributed by atoms with Crippen molar-refractivity contribution in [2.24, 2.45) is 11.7 Å². The maximum Gasteiger partial charge on any atom is 0.408 e. The van der Waals surface area contributed by atoms with Crippen LogP contribution < -0.4 is 16.4 Å². The molecule has 2 aliphatic heterocycles. The summed E-state index contributed by atoms with van der Waals surface area (Å²) in [5.74, 6) is -1.17. The summed E-state index contributed by atoms with van der Waals surface area (Å²) in [6, 6.07) is -2.13. The molecule has 3 aliphatic rings. The number of alkyl carbamates (subject to hydrolysis) is 1. The van der Waals surface area contributed by atoms with E-state index < -0.39 is 115 Å². The Bertz CT molecular complexity index is 1030. The summed E-state index contributed by atoms with van der Waals surface area (Å²) in [5.41, 5.74) is 3.85. The van der Waals surface area contributed by atoms with Gasteiger partial charge in [0.05, 0.1) is 42.5 Å². The number of hydrogen-bond donors (Lipinski definition) is 9. The van der Waals surface area contributed by atoms with Gasteiger partial charge in [-0.15, -0.1) is 0 Å². The molecule has 47 heavy (non-hydrogen) atoms. The van der Waals surface area contributed by atoms with Crippen LogP contribution in [0.4, 0.5) is 4.79 Å². The van der Waals surface area contributed by atoms with Crippen LogP contribution in [0.1, 0.15) is 80.6 Å². The minimum atomic E-state index is -1.58. The zero-order valence-corrected chi connectivity index (χ0v) is 28.4. The van der Waals surface area contributed by atoms with Crippen LogP contribution >= 0.6 is 0 Å². The van der Waals surface area contributed by atoms with Crippen molar-refractivity contribution in [2.75, 3.05) is 6.61 Å². The highest BCUT2D eigenvalue weighted by atomic mass is 16.7. The van der Waals surface area contributed by atoms with Crippen LogP contribution in [0.3, 0.4) is 0 Å². The standard InChI is InChI=1S/C31H57N3O13/c1-8-10-16(36)26(41)34-31(7)12-14(3)24(23(40)25(31)46-28-22(39)20(32)21(38)19(13-35)44-28)45-27-15(11-17(37)18(9-2)43-27)33-29(42)47-30(4,5)6/h14-25,27-28,35-40H,8-13,32H2,1-7H3,(H,33,42)(H,34,41)/t14?,15?,16-,17?,18?,19?,20?,21?,22?,23?,24?,25?,27?,28?,31?/m0/s1. The lowest BCUT2D eigenvalue weighted by Gasteiger charge is -2.53. The highest BCUT2D eigenvalue weighted by Crippen LogP contribution is 2.40. The molecule has 16 heteroatoms. The maximum absolute atomic E-state index is 13.1. The monoisotopic (exact) mass is 679 g/mol. The van der Waals surface area contributed by atoms with Crippen LogP contribution in [0.2, 0.25) is 0 Å². The topological polar surface area (TPSA) is 252 Å². The maximum atomic E-state index is 13.1. The lowest BCUT2D eigenvalue weighted by Crippen LogP contribution is -2.71. The minimum absolute atomic E-state index is 0.0769. The molecule has 0 aromatic heterocycles. The second kappa shape index (κ2) is 16.3. The van der Waals surface area contributed by atoms with Gasteiger partial charge in [-0.05, 0) is 52.9 Å². The lowest BCUT2D eigenvalue weighted by atomic mass is 9.71. The van der Waals surface area contributed by atoms with Crippen molar-refractivity contribution in [1.29, 1.82) is 0 Å². The number of rotatable bonds is 11. The number of nitrogens with one attached hydrogen (secondary N) is 2. The molecule has 1 saturated carbocycles. The zero-order chi connectivity index (χ0) is 35.4. The highest BCUT2D eigenvalue weighted by molar-refractivity contribution is 5.81. The van der Waals surface area contributed by atoms with Crippen molar-refractivity contribution in [3.05, 3.63) is 0 Å². The van der Waals surface area contributed by atoms with Gasteiger partial charge in [0, 0.05) is 6.42 Å². The van der Waals surface area contributed by atoms with Crippen molar-refractivity contribution in [3.8, 4) is 0 Å². The molecule has 10 N–H and O–H groups in total. The summed E-state index contributed by atoms with van der Waals surface area (Å²) in [4.78, 5) is 25.8. The molecule has 2 saturated heterocycles. The molecule has 3 fully saturated rings. The van der Waals surface area contributed by atoms with E-state index in [1.807, 2.05) is 13.8 Å². The molecule has 15 atom stereocenters. The Balaban J connectivity index is 1.93. The molecule has 16 nitrogen and oxygen atoms in total. The predicted octanol–water partition coefficient (Wildman–Crippen LogP) is -1.26. The van der Waals surface area contributed by atoms with Gasteiger partial charge in [-0.2, -0.15) is 0 Å². The number of carbonyl (C=O) groups excluding carboxylic acids is 2. The van der Waals surface area contributed by atoms with Crippen LogP contribution in [0.25, 0.3) is 0 Å². The van der Waals surface area contributed by atoms with Crippen LogP contribution in [-0.4, -0.2) is 140 Å². The smallest absolute Gasteiger partial charge is 0.408 e. The van der Waals surface area contributed by atoms with E-state index in [0.29, 0.717) is 12.8 Å². The molecule has 3 rings (SSSR count). The summed E-state index contributed by atoms with van der Waals surface area (Å²) in [5, 5.41) is 69.5. The van der Waals surface area contributed by atoms with Gasteiger partial charge in [-0.3, -0.25) is 4.79 Å². The van der Waals surface area contributed by atoms with Crippen molar-refractivity contribution < 1.29 is 63.9 Å². The molecule has 0 aromatic carbocycles. The van der Waals surface area contributed by atoms with Crippen LogP contribution in [0, 0.1) is 5.92 Å². The first-order valence-corrected chi connectivity index (χ1v) is 16.6. The van der Waals surface area contributed by atoms with E-state index >= 15 is 0 Å². The van der Waals surface area contributed by atoms with E-state index in [-0.39, 0.29) is 19.3 Å². The van der Waals surface area contributed by atoms with Crippen LogP contribution in [-0.2, 0) is 28.5 Å². The number of amides is 2. The predicted molar refractivity (Wildman–Crippen MR) is 165 cm³/mol. The van der Waals surface area contributed by atoms with Crippen molar-refractivity contribution in [3.63, 3.8) is 0 Å².